The molecule has 2 heteroatoms. The van der Waals surface area contributed by atoms with Crippen LogP contribution in [-0.2, 0) is 0 Å². The molecule has 0 saturated heterocycles. The monoisotopic (exact) mass is 190 g/mol. The van der Waals surface area contributed by atoms with E-state index < -0.39 is 0 Å². The Hall–Kier alpha value is -1.57. The van der Waals surface area contributed by atoms with Crippen LogP contribution in [-0.4, -0.2) is 12.9 Å². The van der Waals surface area contributed by atoms with Gasteiger partial charge < -0.3 is 4.74 Å². The van der Waals surface area contributed by atoms with Crippen molar-refractivity contribution < 1.29 is 9.53 Å². The van der Waals surface area contributed by atoms with E-state index >= 15 is 0 Å². The molecule has 0 heterocycles. The van der Waals surface area contributed by atoms with Crippen molar-refractivity contribution in [1.29, 1.82) is 0 Å². The first kappa shape index (κ1) is 10.5. The van der Waals surface area contributed by atoms with Gasteiger partial charge in [0.1, 0.15) is 5.75 Å². The molecule has 0 aromatic heterocycles. The maximum absolute atomic E-state index is 11.6. The van der Waals surface area contributed by atoms with Gasteiger partial charge in [-0.3, -0.25) is 4.79 Å². The summed E-state index contributed by atoms with van der Waals surface area (Å²) in [5.74, 6) is 0.603. The summed E-state index contributed by atoms with van der Waals surface area (Å²) in [5.41, 5.74) is 1.67. The van der Waals surface area contributed by atoms with Crippen molar-refractivity contribution >= 4 is 5.78 Å². The van der Waals surface area contributed by atoms with E-state index in [2.05, 4.69) is 0 Å². The molecule has 0 radical (unpaired) electrons. The van der Waals surface area contributed by atoms with Gasteiger partial charge in [0.05, 0.1) is 12.7 Å². The summed E-state index contributed by atoms with van der Waals surface area (Å²) >= 11 is 0. The number of methoxy groups -OCH3 is 1. The molecule has 1 rings (SSSR count). The maximum Gasteiger partial charge on any atom is 0.189 e. The fraction of sp³-hybridized carbons (Fsp3) is 0.250. The Kier molecular flexibility index (Phi) is 3.46. The first-order chi connectivity index (χ1) is 6.69. The van der Waals surface area contributed by atoms with Crippen LogP contribution in [0.2, 0.25) is 0 Å². The van der Waals surface area contributed by atoms with E-state index in [1.807, 2.05) is 32.0 Å². The summed E-state index contributed by atoms with van der Waals surface area (Å²) in [5, 5.41) is 0. The largest absolute Gasteiger partial charge is 0.496 e. The second-order valence-electron chi connectivity index (χ2n) is 3.07. The number of carbonyl (C=O) groups excluding carboxylic acids is 1. The molecule has 0 aliphatic carbocycles. The highest BCUT2D eigenvalue weighted by molar-refractivity contribution is 6.06. The number of rotatable bonds is 3. The van der Waals surface area contributed by atoms with Gasteiger partial charge in [0.25, 0.3) is 0 Å². The van der Waals surface area contributed by atoms with Gasteiger partial charge in [0, 0.05) is 0 Å². The van der Waals surface area contributed by atoms with Gasteiger partial charge >= 0.3 is 0 Å². The number of allylic oxidation sites excluding steroid dienone is 2. The number of benzene rings is 1. The molecule has 1 aromatic rings. The van der Waals surface area contributed by atoms with Gasteiger partial charge in [-0.05, 0) is 32.1 Å². The van der Waals surface area contributed by atoms with Crippen LogP contribution in [0, 0.1) is 6.92 Å². The zero-order valence-corrected chi connectivity index (χ0v) is 8.70. The van der Waals surface area contributed by atoms with Crippen LogP contribution in [0.1, 0.15) is 22.8 Å². The summed E-state index contributed by atoms with van der Waals surface area (Å²) in [6.07, 6.45) is 3.27. The number of carbonyl (C=O) groups is 1. The molecule has 0 aliphatic rings. The Morgan fingerprint density at radius 1 is 1.43 bits per heavy atom. The maximum atomic E-state index is 11.6. The number of ketones is 1. The fourth-order valence-corrected chi connectivity index (χ4v) is 1.26. The van der Waals surface area contributed by atoms with E-state index in [4.69, 9.17) is 4.74 Å². The van der Waals surface area contributed by atoms with Crippen molar-refractivity contribution in [3.63, 3.8) is 0 Å². The summed E-state index contributed by atoms with van der Waals surface area (Å²) in [6, 6.07) is 5.57. The van der Waals surface area contributed by atoms with E-state index in [-0.39, 0.29) is 5.78 Å². The first-order valence-corrected chi connectivity index (χ1v) is 4.50. The lowest BCUT2D eigenvalue weighted by Crippen LogP contribution is -1.99. The Labute approximate surface area is 84.2 Å². The lowest BCUT2D eigenvalue weighted by molar-refractivity contribution is 0.104. The van der Waals surface area contributed by atoms with Crippen molar-refractivity contribution in [2.75, 3.05) is 7.11 Å². The minimum atomic E-state index is -0.0203. The lowest BCUT2D eigenvalue weighted by atomic mass is 10.1. The highest BCUT2D eigenvalue weighted by Gasteiger charge is 2.08. The van der Waals surface area contributed by atoms with Crippen LogP contribution in [0.15, 0.2) is 30.4 Å². The predicted octanol–water partition coefficient (Wildman–Crippen LogP) is 2.76. The third-order valence-corrected chi connectivity index (χ3v) is 1.94. The molecule has 0 bridgehead atoms. The molecule has 0 aliphatic heterocycles. The van der Waals surface area contributed by atoms with Crippen LogP contribution >= 0.6 is 0 Å². The van der Waals surface area contributed by atoms with E-state index in [0.29, 0.717) is 11.3 Å². The van der Waals surface area contributed by atoms with E-state index in [9.17, 15) is 4.79 Å². The average molecular weight is 190 g/mol. The van der Waals surface area contributed by atoms with Gasteiger partial charge in [-0.15, -0.1) is 0 Å². The molecular formula is C12H14O2. The SMILES string of the molecule is CC=CC(=O)c1cc(C)ccc1OC. The zero-order valence-electron chi connectivity index (χ0n) is 8.70. The Morgan fingerprint density at radius 3 is 2.71 bits per heavy atom. The quantitative estimate of drug-likeness (QED) is 0.541. The number of hydrogen-bond donors (Lipinski definition) is 0. The smallest absolute Gasteiger partial charge is 0.189 e. The molecule has 0 amide bonds. The van der Waals surface area contributed by atoms with Gasteiger partial charge in [0.15, 0.2) is 5.78 Å². The third-order valence-electron chi connectivity index (χ3n) is 1.94. The van der Waals surface area contributed by atoms with Gasteiger partial charge in [-0.1, -0.05) is 17.7 Å². The molecule has 0 atom stereocenters. The highest BCUT2D eigenvalue weighted by atomic mass is 16.5. The normalized spacial score (nSPS) is 10.5. The molecule has 0 unspecified atom stereocenters. The topological polar surface area (TPSA) is 26.3 Å². The minimum Gasteiger partial charge on any atom is -0.496 e. The summed E-state index contributed by atoms with van der Waals surface area (Å²) in [7, 11) is 1.57. The highest BCUT2D eigenvalue weighted by Crippen LogP contribution is 2.20. The molecule has 14 heavy (non-hydrogen) atoms. The van der Waals surface area contributed by atoms with E-state index in [0.717, 1.165) is 5.56 Å². The second kappa shape index (κ2) is 4.61. The standard InChI is InChI=1S/C12H14O2/c1-4-5-11(13)10-8-9(2)6-7-12(10)14-3/h4-8H,1-3H3. The molecule has 74 valence electrons. The first-order valence-electron chi connectivity index (χ1n) is 4.50. The van der Waals surface area contributed by atoms with Crippen LogP contribution in [0.25, 0.3) is 0 Å². The van der Waals surface area contributed by atoms with E-state index in [1.165, 1.54) is 6.08 Å². The minimum absolute atomic E-state index is 0.0203. The van der Waals surface area contributed by atoms with Crippen molar-refractivity contribution in [3.05, 3.63) is 41.5 Å². The zero-order chi connectivity index (χ0) is 10.6. The van der Waals surface area contributed by atoms with Crippen molar-refractivity contribution in [2.45, 2.75) is 13.8 Å². The number of hydrogen-bond acceptors (Lipinski definition) is 2. The van der Waals surface area contributed by atoms with Gasteiger partial charge in [-0.25, -0.2) is 0 Å². The van der Waals surface area contributed by atoms with Crippen molar-refractivity contribution in [2.24, 2.45) is 0 Å². The average Bonchev–Trinajstić information content (AvgIpc) is 2.18. The number of aryl methyl sites for hydroxylation is 1. The third kappa shape index (κ3) is 2.22. The van der Waals surface area contributed by atoms with Gasteiger partial charge in [0.2, 0.25) is 0 Å². The molecule has 0 spiro atoms. The molecule has 0 fully saturated rings. The van der Waals surface area contributed by atoms with Crippen LogP contribution < -0.4 is 4.74 Å². The van der Waals surface area contributed by atoms with Gasteiger partial charge in [-0.2, -0.15) is 0 Å². The fourth-order valence-electron chi connectivity index (χ4n) is 1.26. The molecule has 1 aromatic carbocycles. The van der Waals surface area contributed by atoms with E-state index in [1.54, 1.807) is 13.2 Å². The molecular weight excluding hydrogens is 176 g/mol. The van der Waals surface area contributed by atoms with Crippen molar-refractivity contribution in [1.82, 2.24) is 0 Å². The second-order valence-corrected chi connectivity index (χ2v) is 3.07. The molecule has 0 saturated carbocycles. The Morgan fingerprint density at radius 2 is 2.14 bits per heavy atom. The molecule has 0 N–H and O–H groups in total. The summed E-state index contributed by atoms with van der Waals surface area (Å²) < 4.78 is 5.11. The van der Waals surface area contributed by atoms with Crippen molar-refractivity contribution in [3.8, 4) is 5.75 Å². The van der Waals surface area contributed by atoms with Crippen LogP contribution in [0.4, 0.5) is 0 Å². The predicted molar refractivity (Wildman–Crippen MR) is 56.9 cm³/mol. The lowest BCUT2D eigenvalue weighted by Gasteiger charge is -2.06. The van der Waals surface area contributed by atoms with Crippen LogP contribution in [0.3, 0.4) is 0 Å². The van der Waals surface area contributed by atoms with Crippen LogP contribution in [0.5, 0.6) is 5.75 Å². The summed E-state index contributed by atoms with van der Waals surface area (Å²) in [4.78, 5) is 11.6. The number of ether oxygens (including phenoxy) is 1. The Bertz CT molecular complexity index is 365. The Balaban J connectivity index is 3.16. The molecule has 2 nitrogen and oxygen atoms in total. The summed E-state index contributed by atoms with van der Waals surface area (Å²) in [6.45, 7) is 3.77.